The van der Waals surface area contributed by atoms with Crippen molar-refractivity contribution in [3.8, 4) is 5.75 Å². The Balaban J connectivity index is -0.000000390. The van der Waals surface area contributed by atoms with Crippen LogP contribution < -0.4 is 4.74 Å². The number of carbonyl (C=O) groups is 2. The fourth-order valence-corrected chi connectivity index (χ4v) is 1.91. The van der Waals surface area contributed by atoms with Crippen LogP contribution in [0.3, 0.4) is 0 Å². The number of carboxylic acids is 2. The molecule has 0 heterocycles. The number of aromatic carboxylic acids is 2. The number of halogens is 3. The zero-order valence-corrected chi connectivity index (χ0v) is 22.2. The van der Waals surface area contributed by atoms with Crippen LogP contribution in [-0.4, -0.2) is 40.5 Å². The Labute approximate surface area is 206 Å². The van der Waals surface area contributed by atoms with E-state index in [2.05, 4.69) is 13.8 Å². The first-order chi connectivity index (χ1) is 12.7. The van der Waals surface area contributed by atoms with Crippen molar-refractivity contribution >= 4 is 35.1 Å². The van der Waals surface area contributed by atoms with E-state index in [0.717, 1.165) is 12.1 Å². The van der Waals surface area contributed by atoms with Crippen molar-refractivity contribution in [2.75, 3.05) is 13.2 Å². The molecule has 0 atom stereocenters. The van der Waals surface area contributed by atoms with E-state index in [1.165, 1.54) is 18.2 Å². The molecule has 0 aromatic heterocycles. The van der Waals surface area contributed by atoms with Crippen LogP contribution in [0.15, 0.2) is 36.4 Å². The van der Waals surface area contributed by atoms with E-state index >= 15 is 0 Å². The summed E-state index contributed by atoms with van der Waals surface area (Å²) < 4.78 is 17.6. The third-order valence-corrected chi connectivity index (χ3v) is 3.06. The second kappa shape index (κ2) is 17.8. The Morgan fingerprint density at radius 2 is 1.34 bits per heavy atom. The Kier molecular flexibility index (Phi) is 20.1. The molecule has 0 saturated carbocycles. The Bertz CT molecular complexity index is 778. The van der Waals surface area contributed by atoms with Gasteiger partial charge in [0.2, 0.25) is 0 Å². The maximum absolute atomic E-state index is 12.6. The summed E-state index contributed by atoms with van der Waals surface area (Å²) in [5, 5.41) is 25.2. The maximum Gasteiger partial charge on any atom is 0.339 e. The fourth-order valence-electron chi connectivity index (χ4n) is 1.57. The third-order valence-electron chi connectivity index (χ3n) is 2.59. The van der Waals surface area contributed by atoms with Gasteiger partial charge in [0.05, 0.1) is 5.56 Å². The van der Waals surface area contributed by atoms with Gasteiger partial charge in [0, 0.05) is 52.2 Å². The van der Waals surface area contributed by atoms with Gasteiger partial charge in [-0.2, -0.15) is 0 Å². The average Bonchev–Trinajstić information content (AvgIpc) is 2.60. The molecule has 0 amide bonds. The van der Waals surface area contributed by atoms with Crippen LogP contribution in [0.25, 0.3) is 0 Å². The van der Waals surface area contributed by atoms with Crippen molar-refractivity contribution in [2.24, 2.45) is 0 Å². The van der Waals surface area contributed by atoms with Crippen molar-refractivity contribution in [1.82, 2.24) is 0 Å². The summed E-state index contributed by atoms with van der Waals surface area (Å²) in [7, 11) is 0. The molecule has 2 aromatic rings. The number of aliphatic hydroxyl groups is 1. The number of benzene rings is 2. The van der Waals surface area contributed by atoms with Crippen molar-refractivity contribution in [3.63, 3.8) is 0 Å². The van der Waals surface area contributed by atoms with Gasteiger partial charge in [0.15, 0.2) is 0 Å². The summed E-state index contributed by atoms with van der Waals surface area (Å²) in [6, 6.07) is 7.80. The van der Waals surface area contributed by atoms with Crippen LogP contribution in [0, 0.1) is 19.7 Å². The molecule has 160 valence electrons. The quantitative estimate of drug-likeness (QED) is 0.402. The van der Waals surface area contributed by atoms with Crippen molar-refractivity contribution in [1.29, 1.82) is 0 Å². The Morgan fingerprint density at radius 3 is 1.72 bits per heavy atom. The van der Waals surface area contributed by atoms with Gasteiger partial charge in [0.25, 0.3) is 0 Å². The molecule has 11 heteroatoms. The van der Waals surface area contributed by atoms with E-state index in [0.29, 0.717) is 5.02 Å². The molecule has 0 aliphatic heterocycles. The molecule has 6 nitrogen and oxygen atoms in total. The molecule has 0 spiro atoms. The Morgan fingerprint density at radius 1 is 0.931 bits per heavy atom. The van der Waals surface area contributed by atoms with Crippen LogP contribution in [0.2, 0.25) is 10.0 Å². The maximum atomic E-state index is 12.6. The smallest absolute Gasteiger partial charge is 0.339 e. The molecular weight excluding hydrogens is 770 g/mol. The van der Waals surface area contributed by atoms with E-state index in [-0.39, 0.29) is 71.7 Å². The SMILES string of the molecule is O=C(O)c1cc(Cl)ccc1F.[CH2-]CO.[CH2-]COc1ccc(Cl)cc1C(=O)O.[W].[W]. The second-order valence-electron chi connectivity index (χ2n) is 4.45. The molecule has 0 bridgehead atoms. The number of aliphatic hydroxyl groups excluding tert-OH is 1. The van der Waals surface area contributed by atoms with Crippen molar-refractivity contribution in [3.05, 3.63) is 77.2 Å². The molecule has 2 rings (SSSR count). The van der Waals surface area contributed by atoms with Gasteiger partial charge < -0.3 is 33.9 Å². The van der Waals surface area contributed by atoms with Crippen molar-refractivity contribution in [2.45, 2.75) is 0 Å². The summed E-state index contributed by atoms with van der Waals surface area (Å²) in [4.78, 5) is 21.0. The predicted molar refractivity (Wildman–Crippen MR) is 100 cm³/mol. The van der Waals surface area contributed by atoms with Crippen LogP contribution in [-0.2, 0) is 42.1 Å². The van der Waals surface area contributed by atoms with Crippen LogP contribution in [0.4, 0.5) is 4.39 Å². The molecular formula is C18H17Cl2FO6W2-2. The first-order valence-electron chi connectivity index (χ1n) is 7.21. The topological polar surface area (TPSA) is 104 Å². The summed E-state index contributed by atoms with van der Waals surface area (Å²) in [5.41, 5.74) is -0.353. The first kappa shape index (κ1) is 32.7. The fraction of sp³-hybridized carbons (Fsp3) is 0.111. The number of hydrogen-bond donors (Lipinski definition) is 3. The molecule has 0 aliphatic rings. The van der Waals surface area contributed by atoms with E-state index in [1.807, 2.05) is 0 Å². The van der Waals surface area contributed by atoms with Gasteiger partial charge in [0.1, 0.15) is 17.1 Å². The minimum Gasteiger partial charge on any atom is -0.524 e. The molecule has 3 N–H and O–H groups in total. The largest absolute Gasteiger partial charge is 0.524 e. The molecule has 0 unspecified atom stereocenters. The minimum atomic E-state index is -1.31. The molecule has 29 heavy (non-hydrogen) atoms. The first-order valence-corrected chi connectivity index (χ1v) is 7.96. The van der Waals surface area contributed by atoms with Gasteiger partial charge in [-0.05, 0) is 43.0 Å². The van der Waals surface area contributed by atoms with Crippen LogP contribution in [0.1, 0.15) is 20.7 Å². The Hall–Kier alpha value is -0.973. The van der Waals surface area contributed by atoms with Gasteiger partial charge in [-0.1, -0.05) is 29.8 Å². The number of carboxylic acid groups (broad SMARTS) is 2. The predicted octanol–water partition coefficient (Wildman–Crippen LogP) is 4.24. The summed E-state index contributed by atoms with van der Waals surface area (Å²) in [5.74, 6) is -2.87. The summed E-state index contributed by atoms with van der Waals surface area (Å²) in [6.45, 7) is 6.68. The minimum absolute atomic E-state index is 0. The van der Waals surface area contributed by atoms with Gasteiger partial charge >= 0.3 is 11.9 Å². The monoisotopic (exact) mass is 786 g/mol. The standard InChI is InChI=1S/C9H8ClO3.C7H4ClFO2.C2H5O.2W/c1-2-13-8-4-3-6(10)5-7(8)9(11)12;8-4-1-2-6(9)5(3-4)7(10)11;1-2-3;;/h3-5H,1-2H2,(H,11,12);1-3H,(H,10,11);3H,1-2H2;;/q-1;;-1;;. The van der Waals surface area contributed by atoms with Gasteiger partial charge in [-0.25, -0.2) is 14.0 Å². The number of rotatable bonds is 4. The van der Waals surface area contributed by atoms with E-state index in [4.69, 9.17) is 43.3 Å². The molecule has 0 saturated heterocycles. The van der Waals surface area contributed by atoms with Crippen molar-refractivity contribution < 1.29 is 76.2 Å². The normalized spacial score (nSPS) is 8.62. The number of ether oxygens (including phenoxy) is 1. The second-order valence-corrected chi connectivity index (χ2v) is 5.32. The van der Waals surface area contributed by atoms with Gasteiger partial charge in [-0.15, -0.1) is 0 Å². The van der Waals surface area contributed by atoms with Crippen LogP contribution in [0.5, 0.6) is 5.75 Å². The molecule has 2 aromatic carbocycles. The van der Waals surface area contributed by atoms with Crippen LogP contribution >= 0.6 is 23.2 Å². The molecule has 0 radical (unpaired) electrons. The van der Waals surface area contributed by atoms with E-state index in [9.17, 15) is 14.0 Å². The van der Waals surface area contributed by atoms with E-state index in [1.54, 1.807) is 6.07 Å². The third kappa shape index (κ3) is 13.0. The summed E-state index contributed by atoms with van der Waals surface area (Å²) in [6.07, 6.45) is 0. The molecule has 0 aliphatic carbocycles. The zero-order valence-electron chi connectivity index (χ0n) is 14.8. The van der Waals surface area contributed by atoms with E-state index < -0.39 is 23.3 Å². The number of hydrogen-bond acceptors (Lipinski definition) is 4. The molecule has 0 fully saturated rings. The zero-order chi connectivity index (χ0) is 21.0. The van der Waals surface area contributed by atoms with Gasteiger partial charge in [-0.3, -0.25) is 0 Å². The summed E-state index contributed by atoms with van der Waals surface area (Å²) >= 11 is 11.1. The average molecular weight is 787 g/mol.